The first-order chi connectivity index (χ1) is 21.0. The number of H-pyrrole nitrogens is 1. The van der Waals surface area contributed by atoms with E-state index in [9.17, 15) is 13.6 Å². The molecule has 8 nitrogen and oxygen atoms in total. The molecule has 0 unspecified atom stereocenters. The van der Waals surface area contributed by atoms with E-state index in [0.717, 1.165) is 37.1 Å². The summed E-state index contributed by atoms with van der Waals surface area (Å²) in [5, 5.41) is 5.77. The molecule has 2 saturated heterocycles. The molecule has 4 aromatic heterocycles. The number of aromatic amines is 1. The van der Waals surface area contributed by atoms with Crippen LogP contribution < -0.4 is 0 Å². The molecule has 1 saturated carbocycles. The summed E-state index contributed by atoms with van der Waals surface area (Å²) in [5.41, 5.74) is 7.88. The Labute approximate surface area is 260 Å². The Morgan fingerprint density at radius 2 is 1.89 bits per heavy atom. The van der Waals surface area contributed by atoms with E-state index in [1.807, 2.05) is 20.8 Å². The SMILES string of the molecule is Cc1c(-c2[nH]c3sc(C4CCN(C(=O)C5CC6(C5)CN(CC(F)F)CCO6)CC4)c(C)c3c2C(C)C)cn2ncnc2c1C. The van der Waals surface area contributed by atoms with E-state index >= 15 is 0 Å². The Morgan fingerprint density at radius 1 is 1.14 bits per heavy atom. The highest BCUT2D eigenvalue weighted by Crippen LogP contribution is 2.48. The summed E-state index contributed by atoms with van der Waals surface area (Å²) in [4.78, 5) is 28.1. The number of rotatable bonds is 6. The number of aromatic nitrogens is 4. The van der Waals surface area contributed by atoms with Crippen molar-refractivity contribution >= 4 is 33.1 Å². The van der Waals surface area contributed by atoms with Gasteiger partial charge in [0.05, 0.1) is 24.4 Å². The van der Waals surface area contributed by atoms with E-state index < -0.39 is 12.0 Å². The number of nitrogens with zero attached hydrogens (tertiary/aromatic N) is 5. The molecule has 11 heteroatoms. The lowest BCUT2D eigenvalue weighted by Crippen LogP contribution is -2.62. The van der Waals surface area contributed by atoms with Crippen LogP contribution >= 0.6 is 11.3 Å². The number of hydrogen-bond donors (Lipinski definition) is 1. The summed E-state index contributed by atoms with van der Waals surface area (Å²) in [7, 11) is 0. The van der Waals surface area contributed by atoms with Gasteiger partial charge in [0, 0.05) is 54.1 Å². The zero-order valence-electron chi connectivity index (χ0n) is 26.3. The van der Waals surface area contributed by atoms with E-state index in [1.54, 1.807) is 11.2 Å². The molecule has 1 spiro atoms. The Morgan fingerprint density at radius 3 is 2.59 bits per heavy atom. The third-order valence-electron chi connectivity index (χ3n) is 10.4. The standard InChI is InChI=1S/C33H42F2N6O2S/c1-18(2)26-27-21(5)29(44-31(27)38-28(26)24-14-41-30(36-17-37-41)20(4)19(24)3)22-6-8-40(9-7-22)32(42)23-12-33(13-23)16-39(10-11-43-33)15-25(34)35/h14,17-18,22-23,25,38H,6-13,15-16H2,1-5H3. The number of piperidine rings is 1. The van der Waals surface area contributed by atoms with Crippen molar-refractivity contribution in [3.63, 3.8) is 0 Å². The third-order valence-corrected chi connectivity index (χ3v) is 11.8. The van der Waals surface area contributed by atoms with E-state index in [4.69, 9.17) is 4.74 Å². The maximum Gasteiger partial charge on any atom is 0.251 e. The maximum atomic E-state index is 13.4. The minimum absolute atomic E-state index is 0.0597. The number of carbonyl (C=O) groups excluding carboxylic acids is 1. The van der Waals surface area contributed by atoms with Crippen LogP contribution in [0, 0.1) is 26.7 Å². The van der Waals surface area contributed by atoms with Crippen LogP contribution in [0.4, 0.5) is 8.78 Å². The lowest BCUT2D eigenvalue weighted by atomic mass is 9.69. The lowest BCUT2D eigenvalue weighted by molar-refractivity contribution is -0.188. The van der Waals surface area contributed by atoms with Crippen molar-refractivity contribution in [1.82, 2.24) is 29.4 Å². The third kappa shape index (κ3) is 4.95. The van der Waals surface area contributed by atoms with Gasteiger partial charge in [-0.3, -0.25) is 9.69 Å². The number of fused-ring (bicyclic) bond motifs is 2. The number of amides is 1. The van der Waals surface area contributed by atoms with Crippen LogP contribution in [0.2, 0.25) is 0 Å². The number of thiophene rings is 1. The first-order valence-corrected chi connectivity index (χ1v) is 16.7. The van der Waals surface area contributed by atoms with E-state index in [0.29, 0.717) is 44.4 Å². The Bertz CT molecular complexity index is 1710. The van der Waals surface area contributed by atoms with Crippen LogP contribution in [0.25, 0.3) is 27.1 Å². The van der Waals surface area contributed by atoms with Gasteiger partial charge in [-0.2, -0.15) is 5.10 Å². The number of likely N-dealkylation sites (tertiary alicyclic amines) is 1. The second-order valence-electron chi connectivity index (χ2n) is 13.5. The number of aryl methyl sites for hydroxylation is 2. The molecular formula is C33H42F2N6O2S. The average Bonchev–Trinajstić information content (AvgIpc) is 3.68. The molecule has 0 bridgehead atoms. The van der Waals surface area contributed by atoms with Crippen molar-refractivity contribution in [2.75, 3.05) is 39.3 Å². The predicted octanol–water partition coefficient (Wildman–Crippen LogP) is 6.44. The van der Waals surface area contributed by atoms with Gasteiger partial charge >= 0.3 is 0 Å². The van der Waals surface area contributed by atoms with E-state index in [-0.39, 0.29) is 18.4 Å². The molecule has 1 N–H and O–H groups in total. The molecule has 4 aromatic rings. The summed E-state index contributed by atoms with van der Waals surface area (Å²) in [6.45, 7) is 13.9. The molecule has 6 heterocycles. The Hall–Kier alpha value is -2.89. The van der Waals surface area contributed by atoms with Gasteiger partial charge in [-0.15, -0.1) is 11.3 Å². The van der Waals surface area contributed by atoms with Gasteiger partial charge in [0.15, 0.2) is 5.65 Å². The molecule has 1 aliphatic carbocycles. The van der Waals surface area contributed by atoms with Crippen LogP contribution in [-0.4, -0.2) is 86.6 Å². The van der Waals surface area contributed by atoms with Crippen LogP contribution in [0.3, 0.4) is 0 Å². The van der Waals surface area contributed by atoms with Gasteiger partial charge in [-0.1, -0.05) is 13.8 Å². The van der Waals surface area contributed by atoms with E-state index in [1.165, 1.54) is 43.0 Å². The molecule has 236 valence electrons. The number of carbonyl (C=O) groups is 1. The van der Waals surface area contributed by atoms with Crippen molar-refractivity contribution < 1.29 is 18.3 Å². The van der Waals surface area contributed by atoms with Gasteiger partial charge in [0.25, 0.3) is 6.43 Å². The van der Waals surface area contributed by atoms with Gasteiger partial charge < -0.3 is 14.6 Å². The highest BCUT2D eigenvalue weighted by Gasteiger charge is 2.52. The number of pyridine rings is 1. The van der Waals surface area contributed by atoms with Gasteiger partial charge in [0.1, 0.15) is 11.2 Å². The molecular weight excluding hydrogens is 582 g/mol. The highest BCUT2D eigenvalue weighted by molar-refractivity contribution is 7.19. The Kier molecular flexibility index (Phi) is 7.57. The number of ether oxygens (including phenoxy) is 1. The fourth-order valence-corrected chi connectivity index (χ4v) is 9.43. The largest absolute Gasteiger partial charge is 0.372 e. The van der Waals surface area contributed by atoms with Gasteiger partial charge in [-0.25, -0.2) is 18.3 Å². The lowest BCUT2D eigenvalue weighted by Gasteiger charge is -2.52. The van der Waals surface area contributed by atoms with Crippen LogP contribution in [-0.2, 0) is 9.53 Å². The summed E-state index contributed by atoms with van der Waals surface area (Å²) >= 11 is 1.87. The van der Waals surface area contributed by atoms with Crippen LogP contribution in [0.1, 0.15) is 78.5 Å². The van der Waals surface area contributed by atoms with Crippen molar-refractivity contribution in [2.24, 2.45) is 5.92 Å². The minimum Gasteiger partial charge on any atom is -0.372 e. The average molecular weight is 625 g/mol. The topological polar surface area (TPSA) is 78.8 Å². The van der Waals surface area contributed by atoms with Gasteiger partial charge in [-0.05, 0) is 80.5 Å². The maximum absolute atomic E-state index is 13.4. The number of morpholine rings is 1. The summed E-state index contributed by atoms with van der Waals surface area (Å²) in [6.07, 6.45) is 4.56. The zero-order valence-corrected chi connectivity index (χ0v) is 27.1. The molecule has 0 aromatic carbocycles. The number of nitrogens with one attached hydrogen (secondary N) is 1. The summed E-state index contributed by atoms with van der Waals surface area (Å²) in [5.74, 6) is 0.920. The minimum atomic E-state index is -2.34. The second kappa shape index (κ2) is 11.2. The molecule has 2 aliphatic heterocycles. The van der Waals surface area contributed by atoms with Gasteiger partial charge in [0.2, 0.25) is 5.91 Å². The molecule has 0 radical (unpaired) electrons. The monoisotopic (exact) mass is 624 g/mol. The quantitative estimate of drug-likeness (QED) is 0.267. The first-order valence-electron chi connectivity index (χ1n) is 15.9. The highest BCUT2D eigenvalue weighted by atomic mass is 32.1. The molecule has 44 heavy (non-hydrogen) atoms. The van der Waals surface area contributed by atoms with Crippen molar-refractivity contribution in [3.05, 3.63) is 39.7 Å². The number of halogens is 2. The predicted molar refractivity (Wildman–Crippen MR) is 169 cm³/mol. The van der Waals surface area contributed by atoms with E-state index in [2.05, 4.69) is 55.9 Å². The van der Waals surface area contributed by atoms with Crippen molar-refractivity contribution in [2.45, 2.75) is 84.2 Å². The summed E-state index contributed by atoms with van der Waals surface area (Å²) < 4.78 is 33.7. The molecule has 3 aliphatic rings. The van der Waals surface area contributed by atoms with Crippen molar-refractivity contribution in [3.8, 4) is 11.3 Å². The molecule has 1 amide bonds. The summed E-state index contributed by atoms with van der Waals surface area (Å²) in [6, 6.07) is 0. The van der Waals surface area contributed by atoms with Crippen LogP contribution in [0.5, 0.6) is 0 Å². The smallest absolute Gasteiger partial charge is 0.251 e. The fourth-order valence-electron chi connectivity index (χ4n) is 8.04. The fraction of sp³-hybridized carbons (Fsp3) is 0.606. The normalized spacial score (nSPS) is 23.6. The second-order valence-corrected chi connectivity index (χ2v) is 14.6. The molecule has 0 atom stereocenters. The number of alkyl halides is 2. The Balaban J connectivity index is 1.06. The molecule has 3 fully saturated rings. The van der Waals surface area contributed by atoms with Crippen LogP contribution in [0.15, 0.2) is 12.5 Å². The first kappa shape index (κ1) is 29.8. The zero-order chi connectivity index (χ0) is 30.9. The molecule has 7 rings (SSSR count). The van der Waals surface area contributed by atoms with Crippen molar-refractivity contribution in [1.29, 1.82) is 0 Å². The number of hydrogen-bond acceptors (Lipinski definition) is 6.